The summed E-state index contributed by atoms with van der Waals surface area (Å²) in [4.78, 5) is 11.9. The van der Waals surface area contributed by atoms with Crippen molar-refractivity contribution in [2.24, 2.45) is 0 Å². The third kappa shape index (κ3) is 6.28. The van der Waals surface area contributed by atoms with Crippen LogP contribution in [0.3, 0.4) is 0 Å². The number of rotatable bonds is 6. The second-order valence-electron chi connectivity index (χ2n) is 4.42. The minimum Gasteiger partial charge on any atom is -0.465 e. The number of halogens is 2. The zero-order valence-electron chi connectivity index (χ0n) is 11.5. The van der Waals surface area contributed by atoms with Crippen molar-refractivity contribution in [2.45, 2.75) is 32.7 Å². The molecular weight excluding hydrogens is 285 g/mol. The smallest absolute Gasteiger partial charge is 0.314 e. The van der Waals surface area contributed by atoms with Crippen molar-refractivity contribution in [3.05, 3.63) is 34.9 Å². The average Bonchev–Trinajstić information content (AvgIpc) is 2.31. The number of ether oxygens (including phenoxy) is 1. The Kier molecular flexibility index (Phi) is 8.81. The third-order valence-electron chi connectivity index (χ3n) is 2.57. The Morgan fingerprint density at radius 1 is 1.32 bits per heavy atom. The van der Waals surface area contributed by atoms with Crippen LogP contribution in [-0.4, -0.2) is 25.2 Å². The Labute approximate surface area is 126 Å². The predicted octanol–water partition coefficient (Wildman–Crippen LogP) is 3.41. The van der Waals surface area contributed by atoms with Gasteiger partial charge < -0.3 is 10.1 Å². The van der Waals surface area contributed by atoms with Gasteiger partial charge in [-0.25, -0.2) is 0 Å². The Morgan fingerprint density at radius 2 is 1.89 bits per heavy atom. The summed E-state index contributed by atoms with van der Waals surface area (Å²) in [6.07, 6.45) is 0. The molecule has 0 heterocycles. The maximum Gasteiger partial charge on any atom is 0.314 e. The highest BCUT2D eigenvalue weighted by Crippen LogP contribution is 2.19. The van der Waals surface area contributed by atoms with Gasteiger partial charge in [-0.1, -0.05) is 37.6 Å². The highest BCUT2D eigenvalue weighted by atomic mass is 35.5. The number of carbonyl (C=O) groups is 1. The first kappa shape index (κ1) is 18.2. The Bertz CT molecular complexity index is 380. The van der Waals surface area contributed by atoms with Gasteiger partial charge in [-0.3, -0.25) is 4.79 Å². The number of hydrogen-bond donors (Lipinski definition) is 1. The van der Waals surface area contributed by atoms with Gasteiger partial charge in [0.1, 0.15) is 0 Å². The van der Waals surface area contributed by atoms with Crippen molar-refractivity contribution in [2.75, 3.05) is 13.2 Å². The fourth-order valence-electron chi connectivity index (χ4n) is 1.63. The molecule has 0 aromatic heterocycles. The molecule has 5 heteroatoms. The standard InChI is InChI=1S/C14H20ClNO2.ClH/c1-4-18-14(17)13(9-16-10(2)3)11-5-7-12(15)8-6-11;/h5-8,10,13,16H,4,9H2,1-3H3;1H. The fraction of sp³-hybridized carbons (Fsp3) is 0.500. The van der Waals surface area contributed by atoms with Crippen LogP contribution in [0.2, 0.25) is 5.02 Å². The molecule has 0 spiro atoms. The van der Waals surface area contributed by atoms with E-state index < -0.39 is 0 Å². The molecule has 0 aliphatic carbocycles. The summed E-state index contributed by atoms with van der Waals surface area (Å²) in [5.74, 6) is -0.488. The van der Waals surface area contributed by atoms with Gasteiger partial charge in [-0.2, -0.15) is 0 Å². The van der Waals surface area contributed by atoms with Crippen molar-refractivity contribution in [3.8, 4) is 0 Å². The molecule has 108 valence electrons. The molecule has 1 N–H and O–H groups in total. The number of benzene rings is 1. The lowest BCUT2D eigenvalue weighted by Crippen LogP contribution is -2.32. The van der Waals surface area contributed by atoms with Crippen molar-refractivity contribution >= 4 is 30.0 Å². The molecule has 0 bridgehead atoms. The van der Waals surface area contributed by atoms with Gasteiger partial charge in [-0.05, 0) is 24.6 Å². The van der Waals surface area contributed by atoms with Crippen LogP contribution in [-0.2, 0) is 9.53 Å². The van der Waals surface area contributed by atoms with E-state index in [0.29, 0.717) is 24.2 Å². The normalized spacial score (nSPS) is 11.8. The van der Waals surface area contributed by atoms with Crippen LogP contribution in [0.25, 0.3) is 0 Å². The summed E-state index contributed by atoms with van der Waals surface area (Å²) in [6, 6.07) is 7.64. The Morgan fingerprint density at radius 3 is 2.37 bits per heavy atom. The Hall–Kier alpha value is -0.770. The molecule has 1 atom stereocenters. The van der Waals surface area contributed by atoms with Crippen molar-refractivity contribution in [3.63, 3.8) is 0 Å². The summed E-state index contributed by atoms with van der Waals surface area (Å²) < 4.78 is 5.11. The molecule has 0 amide bonds. The van der Waals surface area contributed by atoms with E-state index in [0.717, 1.165) is 5.56 Å². The molecular formula is C14H21Cl2NO2. The van der Waals surface area contributed by atoms with E-state index in [4.69, 9.17) is 16.3 Å². The first-order chi connectivity index (χ1) is 8.54. The summed E-state index contributed by atoms with van der Waals surface area (Å²) in [6.45, 7) is 6.86. The van der Waals surface area contributed by atoms with E-state index in [9.17, 15) is 4.79 Å². The van der Waals surface area contributed by atoms with Gasteiger partial charge >= 0.3 is 5.97 Å². The molecule has 1 unspecified atom stereocenters. The number of hydrogen-bond acceptors (Lipinski definition) is 3. The lowest BCUT2D eigenvalue weighted by Gasteiger charge is -2.18. The zero-order chi connectivity index (χ0) is 13.5. The molecule has 0 radical (unpaired) electrons. The molecule has 0 fully saturated rings. The fourth-order valence-corrected chi connectivity index (χ4v) is 1.75. The molecule has 0 aliphatic rings. The summed E-state index contributed by atoms with van der Waals surface area (Å²) in [7, 11) is 0. The summed E-state index contributed by atoms with van der Waals surface area (Å²) in [5.41, 5.74) is 0.922. The number of carbonyl (C=O) groups excluding carboxylic acids is 1. The first-order valence-electron chi connectivity index (χ1n) is 6.20. The van der Waals surface area contributed by atoms with Crippen LogP contribution in [0.1, 0.15) is 32.3 Å². The van der Waals surface area contributed by atoms with Crippen LogP contribution < -0.4 is 5.32 Å². The molecule has 0 aliphatic heterocycles. The molecule has 0 saturated heterocycles. The lowest BCUT2D eigenvalue weighted by atomic mass is 9.99. The molecule has 1 rings (SSSR count). The van der Waals surface area contributed by atoms with Gasteiger partial charge in [0.25, 0.3) is 0 Å². The topological polar surface area (TPSA) is 38.3 Å². The van der Waals surface area contributed by atoms with Gasteiger partial charge in [-0.15, -0.1) is 12.4 Å². The van der Waals surface area contributed by atoms with E-state index >= 15 is 0 Å². The number of nitrogens with one attached hydrogen (secondary N) is 1. The largest absolute Gasteiger partial charge is 0.465 e. The molecule has 19 heavy (non-hydrogen) atoms. The van der Waals surface area contributed by atoms with Crippen molar-refractivity contribution in [1.82, 2.24) is 5.32 Å². The van der Waals surface area contributed by atoms with Crippen molar-refractivity contribution < 1.29 is 9.53 Å². The van der Waals surface area contributed by atoms with E-state index in [2.05, 4.69) is 5.32 Å². The molecule has 3 nitrogen and oxygen atoms in total. The first-order valence-corrected chi connectivity index (χ1v) is 6.57. The van der Waals surface area contributed by atoms with Gasteiger partial charge in [0, 0.05) is 17.6 Å². The van der Waals surface area contributed by atoms with Crippen LogP contribution in [0.5, 0.6) is 0 Å². The number of esters is 1. The molecule has 1 aromatic carbocycles. The van der Waals surface area contributed by atoms with Crippen molar-refractivity contribution in [1.29, 1.82) is 0 Å². The Balaban J connectivity index is 0.00000324. The minimum absolute atomic E-state index is 0. The monoisotopic (exact) mass is 305 g/mol. The minimum atomic E-state index is -0.287. The van der Waals surface area contributed by atoms with Gasteiger partial charge in [0.15, 0.2) is 0 Å². The van der Waals surface area contributed by atoms with Crippen LogP contribution in [0.15, 0.2) is 24.3 Å². The molecule has 1 aromatic rings. The SMILES string of the molecule is CCOC(=O)C(CNC(C)C)c1ccc(Cl)cc1.Cl. The van der Waals surface area contributed by atoms with Crippen LogP contribution in [0, 0.1) is 0 Å². The summed E-state index contributed by atoms with van der Waals surface area (Å²) >= 11 is 5.85. The van der Waals surface area contributed by atoms with Gasteiger partial charge in [0.05, 0.1) is 12.5 Å². The van der Waals surface area contributed by atoms with Crippen LogP contribution >= 0.6 is 24.0 Å². The van der Waals surface area contributed by atoms with E-state index in [1.165, 1.54) is 0 Å². The second-order valence-corrected chi connectivity index (χ2v) is 4.86. The molecule has 0 saturated carbocycles. The van der Waals surface area contributed by atoms with Gasteiger partial charge in [0.2, 0.25) is 0 Å². The summed E-state index contributed by atoms with van der Waals surface area (Å²) in [5, 5.41) is 3.93. The van der Waals surface area contributed by atoms with E-state index in [1.807, 2.05) is 32.9 Å². The van der Waals surface area contributed by atoms with Crippen LogP contribution in [0.4, 0.5) is 0 Å². The quantitative estimate of drug-likeness (QED) is 0.819. The predicted molar refractivity (Wildman–Crippen MR) is 81.2 cm³/mol. The zero-order valence-corrected chi connectivity index (χ0v) is 13.1. The highest BCUT2D eigenvalue weighted by molar-refractivity contribution is 6.30. The third-order valence-corrected chi connectivity index (χ3v) is 2.83. The maximum absolute atomic E-state index is 11.9. The van der Waals surface area contributed by atoms with E-state index in [-0.39, 0.29) is 24.3 Å². The average molecular weight is 306 g/mol. The lowest BCUT2D eigenvalue weighted by molar-refractivity contribution is -0.144. The van der Waals surface area contributed by atoms with E-state index in [1.54, 1.807) is 12.1 Å². The maximum atomic E-state index is 11.9. The highest BCUT2D eigenvalue weighted by Gasteiger charge is 2.21. The second kappa shape index (κ2) is 9.18.